The number of hydrogen-bond donors (Lipinski definition) is 2. The zero-order valence-electron chi connectivity index (χ0n) is 11.0. The van der Waals surface area contributed by atoms with Gasteiger partial charge in [0.25, 0.3) is 0 Å². The van der Waals surface area contributed by atoms with Gasteiger partial charge in [-0.05, 0) is 24.6 Å². The maximum absolute atomic E-state index is 12.0. The second-order valence-electron chi connectivity index (χ2n) is 4.26. The van der Waals surface area contributed by atoms with Crippen molar-refractivity contribution in [3.8, 4) is 0 Å². The number of carboxylic acids is 1. The fraction of sp³-hybridized carbons (Fsp3) is 0.364. The molecule has 0 fully saturated rings. The third-order valence-corrected chi connectivity index (χ3v) is 5.12. The summed E-state index contributed by atoms with van der Waals surface area (Å²) in [6.07, 6.45) is 0.998. The zero-order chi connectivity index (χ0) is 15.6. The Morgan fingerprint density at radius 3 is 2.35 bits per heavy atom. The van der Waals surface area contributed by atoms with Crippen molar-refractivity contribution in [2.24, 2.45) is 0 Å². The van der Waals surface area contributed by atoms with E-state index in [-0.39, 0.29) is 28.3 Å². The van der Waals surface area contributed by atoms with E-state index >= 15 is 0 Å². The fourth-order valence-corrected chi connectivity index (χ4v) is 3.48. The molecule has 0 heterocycles. The Morgan fingerprint density at radius 2 is 1.85 bits per heavy atom. The van der Waals surface area contributed by atoms with Gasteiger partial charge in [-0.25, -0.2) is 26.4 Å². The Morgan fingerprint density at radius 1 is 1.25 bits per heavy atom. The Kier molecular flexibility index (Phi) is 4.90. The highest BCUT2D eigenvalue weighted by atomic mass is 32.2. The standard InChI is InChI=1S/C11H15NO6S2/c1-8-9(11(13)14)4-3-5-10(8)20(17,18)12-6-7-19(2,15)16/h3-5,12H,6-7H2,1-2H3,(H,13,14). The van der Waals surface area contributed by atoms with Crippen molar-refractivity contribution >= 4 is 25.8 Å². The summed E-state index contributed by atoms with van der Waals surface area (Å²) >= 11 is 0. The Balaban J connectivity index is 3.05. The van der Waals surface area contributed by atoms with Crippen LogP contribution in [0.2, 0.25) is 0 Å². The Hall–Kier alpha value is -1.45. The number of aromatic carboxylic acids is 1. The van der Waals surface area contributed by atoms with E-state index in [0.29, 0.717) is 0 Å². The normalized spacial score (nSPS) is 12.3. The molecule has 1 rings (SSSR count). The third-order valence-electron chi connectivity index (χ3n) is 2.57. The van der Waals surface area contributed by atoms with Gasteiger partial charge in [0.2, 0.25) is 10.0 Å². The van der Waals surface area contributed by atoms with Gasteiger partial charge in [0.1, 0.15) is 9.84 Å². The summed E-state index contributed by atoms with van der Waals surface area (Å²) in [6.45, 7) is 1.12. The van der Waals surface area contributed by atoms with Crippen LogP contribution in [0.1, 0.15) is 15.9 Å². The molecule has 1 aromatic carbocycles. The van der Waals surface area contributed by atoms with Gasteiger partial charge in [-0.3, -0.25) is 0 Å². The largest absolute Gasteiger partial charge is 0.478 e. The van der Waals surface area contributed by atoms with Crippen molar-refractivity contribution in [2.45, 2.75) is 11.8 Å². The van der Waals surface area contributed by atoms with Crippen molar-refractivity contribution in [3.05, 3.63) is 29.3 Å². The van der Waals surface area contributed by atoms with E-state index in [1.54, 1.807) is 0 Å². The van der Waals surface area contributed by atoms with Crippen molar-refractivity contribution in [1.29, 1.82) is 0 Å². The van der Waals surface area contributed by atoms with Gasteiger partial charge < -0.3 is 5.11 Å². The molecule has 0 aromatic heterocycles. The second kappa shape index (κ2) is 5.90. The lowest BCUT2D eigenvalue weighted by molar-refractivity contribution is 0.0695. The number of rotatable bonds is 6. The van der Waals surface area contributed by atoms with E-state index < -0.39 is 25.8 Å². The third kappa shape index (κ3) is 4.29. The van der Waals surface area contributed by atoms with Crippen molar-refractivity contribution in [1.82, 2.24) is 4.72 Å². The molecule has 20 heavy (non-hydrogen) atoms. The van der Waals surface area contributed by atoms with Gasteiger partial charge in [-0.15, -0.1) is 0 Å². The van der Waals surface area contributed by atoms with E-state index in [9.17, 15) is 21.6 Å². The number of sulfone groups is 1. The highest BCUT2D eigenvalue weighted by molar-refractivity contribution is 7.91. The molecule has 0 atom stereocenters. The van der Waals surface area contributed by atoms with Crippen LogP contribution in [0.3, 0.4) is 0 Å². The van der Waals surface area contributed by atoms with Crippen molar-refractivity contribution in [3.63, 3.8) is 0 Å². The van der Waals surface area contributed by atoms with Gasteiger partial charge in [0.05, 0.1) is 16.2 Å². The number of hydrogen-bond acceptors (Lipinski definition) is 5. The van der Waals surface area contributed by atoms with Gasteiger partial charge in [-0.2, -0.15) is 0 Å². The minimum atomic E-state index is -3.95. The first-order valence-electron chi connectivity index (χ1n) is 5.55. The first kappa shape index (κ1) is 16.6. The molecule has 0 bridgehead atoms. The minimum absolute atomic E-state index is 0.104. The summed E-state index contributed by atoms with van der Waals surface area (Å²) in [6, 6.07) is 3.89. The van der Waals surface area contributed by atoms with Crippen LogP contribution in [-0.2, 0) is 19.9 Å². The highest BCUT2D eigenvalue weighted by Crippen LogP contribution is 2.18. The monoisotopic (exact) mass is 321 g/mol. The van der Waals surface area contributed by atoms with Crippen LogP contribution in [0.5, 0.6) is 0 Å². The average Bonchev–Trinajstić information content (AvgIpc) is 2.26. The highest BCUT2D eigenvalue weighted by Gasteiger charge is 2.20. The molecule has 0 aliphatic heterocycles. The molecule has 112 valence electrons. The molecular formula is C11H15NO6S2. The first-order chi connectivity index (χ1) is 9.04. The molecule has 0 aliphatic carbocycles. The molecule has 1 aromatic rings. The van der Waals surface area contributed by atoms with Crippen LogP contribution in [0.15, 0.2) is 23.1 Å². The lowest BCUT2D eigenvalue weighted by Crippen LogP contribution is -2.29. The number of sulfonamides is 1. The molecular weight excluding hydrogens is 306 g/mol. The summed E-state index contributed by atoms with van der Waals surface area (Å²) in [5, 5.41) is 8.94. The predicted octanol–water partition coefficient (Wildman–Crippen LogP) is 0.0161. The molecule has 0 aliphatic rings. The Labute approximate surface area is 117 Å². The second-order valence-corrected chi connectivity index (χ2v) is 8.26. The van der Waals surface area contributed by atoms with E-state index in [4.69, 9.17) is 5.11 Å². The van der Waals surface area contributed by atoms with Crippen molar-refractivity contribution in [2.75, 3.05) is 18.6 Å². The summed E-state index contributed by atoms with van der Waals surface area (Å²) < 4.78 is 48.1. The van der Waals surface area contributed by atoms with Gasteiger partial charge in [0.15, 0.2) is 0 Å². The lowest BCUT2D eigenvalue weighted by Gasteiger charge is -2.10. The number of carbonyl (C=O) groups is 1. The smallest absolute Gasteiger partial charge is 0.335 e. The molecule has 0 amide bonds. The number of carboxylic acid groups (broad SMARTS) is 1. The predicted molar refractivity (Wildman–Crippen MR) is 73.0 cm³/mol. The average molecular weight is 321 g/mol. The molecule has 0 saturated heterocycles. The summed E-state index contributed by atoms with van der Waals surface area (Å²) in [5.74, 6) is -1.56. The zero-order valence-corrected chi connectivity index (χ0v) is 12.6. The van der Waals surface area contributed by atoms with E-state index in [0.717, 1.165) is 6.26 Å². The number of benzene rings is 1. The van der Waals surface area contributed by atoms with Gasteiger partial charge in [0, 0.05) is 12.8 Å². The molecule has 7 nitrogen and oxygen atoms in total. The van der Waals surface area contributed by atoms with Gasteiger partial charge in [-0.1, -0.05) is 6.07 Å². The lowest BCUT2D eigenvalue weighted by atomic mass is 10.1. The topological polar surface area (TPSA) is 118 Å². The molecule has 0 unspecified atom stereocenters. The summed E-state index contributed by atoms with van der Waals surface area (Å²) in [4.78, 5) is 10.8. The summed E-state index contributed by atoms with van der Waals surface area (Å²) in [5.41, 5.74) is -0.0113. The molecule has 0 saturated carbocycles. The van der Waals surface area contributed by atoms with Crippen LogP contribution in [0.4, 0.5) is 0 Å². The van der Waals surface area contributed by atoms with Crippen LogP contribution < -0.4 is 4.72 Å². The van der Waals surface area contributed by atoms with Crippen LogP contribution in [0.25, 0.3) is 0 Å². The first-order valence-corrected chi connectivity index (χ1v) is 9.09. The van der Waals surface area contributed by atoms with Gasteiger partial charge >= 0.3 is 5.97 Å². The van der Waals surface area contributed by atoms with Crippen LogP contribution in [0, 0.1) is 6.92 Å². The SMILES string of the molecule is Cc1c(C(=O)O)cccc1S(=O)(=O)NCCS(C)(=O)=O. The molecule has 9 heteroatoms. The molecule has 2 N–H and O–H groups in total. The van der Waals surface area contributed by atoms with E-state index in [1.165, 1.54) is 25.1 Å². The number of nitrogens with one attached hydrogen (secondary N) is 1. The molecule has 0 radical (unpaired) electrons. The fourth-order valence-electron chi connectivity index (χ4n) is 1.58. The van der Waals surface area contributed by atoms with E-state index in [1.807, 2.05) is 0 Å². The van der Waals surface area contributed by atoms with Crippen LogP contribution in [-0.4, -0.2) is 46.5 Å². The molecule has 0 spiro atoms. The quantitative estimate of drug-likeness (QED) is 0.762. The minimum Gasteiger partial charge on any atom is -0.478 e. The van der Waals surface area contributed by atoms with Crippen molar-refractivity contribution < 1.29 is 26.7 Å². The summed E-state index contributed by atoms with van der Waals surface area (Å²) in [7, 11) is -7.23. The van der Waals surface area contributed by atoms with Crippen LogP contribution >= 0.6 is 0 Å². The van der Waals surface area contributed by atoms with E-state index in [2.05, 4.69) is 4.72 Å². The maximum Gasteiger partial charge on any atom is 0.335 e. The Bertz CT molecular complexity index is 721. The maximum atomic E-state index is 12.0.